The van der Waals surface area contributed by atoms with E-state index in [2.05, 4.69) is 26.2 Å². The normalized spacial score (nSPS) is 22.6. The van der Waals surface area contributed by atoms with E-state index in [1.165, 1.54) is 0 Å². The van der Waals surface area contributed by atoms with Gasteiger partial charge in [0.1, 0.15) is 5.82 Å². The third-order valence-corrected chi connectivity index (χ3v) is 5.34. The quantitative estimate of drug-likeness (QED) is 0.918. The van der Waals surface area contributed by atoms with Crippen LogP contribution in [0, 0.1) is 5.92 Å². The number of pyridine rings is 1. The minimum Gasteiger partial charge on any atom is -0.369 e. The highest BCUT2D eigenvalue weighted by Crippen LogP contribution is 2.24. The summed E-state index contributed by atoms with van der Waals surface area (Å²) in [6.07, 6.45) is 2.28. The van der Waals surface area contributed by atoms with Gasteiger partial charge in [0.05, 0.1) is 21.0 Å². The van der Waals surface area contributed by atoms with Crippen LogP contribution in [0.1, 0.15) is 6.42 Å². The molecule has 1 fully saturated rings. The molecule has 0 radical (unpaired) electrons. The number of hydrogen-bond donors (Lipinski definition) is 1. The number of sulfone groups is 1. The van der Waals surface area contributed by atoms with Crippen LogP contribution >= 0.6 is 27.5 Å². The molecule has 0 aromatic carbocycles. The van der Waals surface area contributed by atoms with E-state index in [1.54, 1.807) is 12.3 Å². The first-order valence-corrected chi connectivity index (χ1v) is 8.21. The third-order valence-electron chi connectivity index (χ3n) is 2.69. The van der Waals surface area contributed by atoms with Crippen LogP contribution in [0.5, 0.6) is 0 Å². The minimum absolute atomic E-state index is 0.171. The summed E-state index contributed by atoms with van der Waals surface area (Å²) in [7, 11) is -2.81. The van der Waals surface area contributed by atoms with Gasteiger partial charge in [0.15, 0.2) is 9.84 Å². The van der Waals surface area contributed by atoms with Gasteiger partial charge in [-0.3, -0.25) is 0 Å². The van der Waals surface area contributed by atoms with E-state index < -0.39 is 9.84 Å². The molecule has 0 spiro atoms. The summed E-state index contributed by atoms with van der Waals surface area (Å²) in [5.41, 5.74) is 0. The molecule has 0 bridgehead atoms. The lowest BCUT2D eigenvalue weighted by molar-refractivity contribution is 0.595. The van der Waals surface area contributed by atoms with E-state index in [0.29, 0.717) is 23.1 Å². The van der Waals surface area contributed by atoms with E-state index >= 15 is 0 Å². The molecule has 0 amide bonds. The first kappa shape index (κ1) is 13.1. The van der Waals surface area contributed by atoms with Crippen LogP contribution in [-0.2, 0) is 9.84 Å². The van der Waals surface area contributed by atoms with Crippen LogP contribution in [0.25, 0.3) is 0 Å². The minimum atomic E-state index is -2.81. The van der Waals surface area contributed by atoms with Gasteiger partial charge < -0.3 is 5.32 Å². The second kappa shape index (κ2) is 5.12. The highest BCUT2D eigenvalue weighted by Gasteiger charge is 2.27. The lowest BCUT2D eigenvalue weighted by Crippen LogP contribution is -2.16. The van der Waals surface area contributed by atoms with Crippen LogP contribution in [0.4, 0.5) is 5.82 Å². The molecule has 2 heterocycles. The van der Waals surface area contributed by atoms with Crippen LogP contribution < -0.4 is 5.32 Å². The van der Waals surface area contributed by atoms with Crippen LogP contribution in [0.3, 0.4) is 0 Å². The van der Waals surface area contributed by atoms with Crippen molar-refractivity contribution in [2.75, 3.05) is 23.4 Å². The lowest BCUT2D eigenvalue weighted by atomic mass is 10.1. The molecule has 1 aliphatic rings. The first-order chi connectivity index (χ1) is 7.96. The van der Waals surface area contributed by atoms with Crippen LogP contribution in [-0.4, -0.2) is 31.5 Å². The second-order valence-electron chi connectivity index (χ2n) is 4.13. The lowest BCUT2D eigenvalue weighted by Gasteiger charge is -2.11. The molecular weight excluding hydrogens is 328 g/mol. The Balaban J connectivity index is 1.95. The van der Waals surface area contributed by atoms with Crippen molar-refractivity contribution < 1.29 is 8.42 Å². The van der Waals surface area contributed by atoms with E-state index in [4.69, 9.17) is 11.6 Å². The van der Waals surface area contributed by atoms with Gasteiger partial charge in [-0.25, -0.2) is 13.4 Å². The van der Waals surface area contributed by atoms with Gasteiger partial charge >= 0.3 is 0 Å². The Morgan fingerprint density at radius 3 is 2.94 bits per heavy atom. The van der Waals surface area contributed by atoms with Crippen molar-refractivity contribution in [3.8, 4) is 0 Å². The predicted octanol–water partition coefficient (Wildman–Crippen LogP) is 2.34. The summed E-state index contributed by atoms with van der Waals surface area (Å²) in [5.74, 6) is 1.43. The standard InChI is InChI=1S/C10H12BrClN2O2S/c11-9-3-8(12)5-14-10(9)13-4-7-1-2-17(15,16)6-7/h3,5,7H,1-2,4,6H2,(H,13,14). The number of anilines is 1. The summed E-state index contributed by atoms with van der Waals surface area (Å²) < 4.78 is 23.4. The molecule has 1 aliphatic heterocycles. The van der Waals surface area contributed by atoms with Crippen molar-refractivity contribution in [2.24, 2.45) is 5.92 Å². The maximum Gasteiger partial charge on any atom is 0.150 e. The van der Waals surface area contributed by atoms with Gasteiger partial charge in [-0.15, -0.1) is 0 Å². The Morgan fingerprint density at radius 1 is 1.59 bits per heavy atom. The molecule has 1 N–H and O–H groups in total. The van der Waals surface area contributed by atoms with Crippen LogP contribution in [0.15, 0.2) is 16.7 Å². The van der Waals surface area contributed by atoms with Gasteiger partial charge in [0.25, 0.3) is 0 Å². The fourth-order valence-corrected chi connectivity index (χ4v) is 4.46. The Kier molecular flexibility index (Phi) is 3.95. The van der Waals surface area contributed by atoms with Crippen molar-refractivity contribution >= 4 is 43.2 Å². The number of aromatic nitrogens is 1. The highest BCUT2D eigenvalue weighted by atomic mass is 79.9. The zero-order valence-electron chi connectivity index (χ0n) is 8.99. The van der Waals surface area contributed by atoms with E-state index in [0.717, 1.165) is 10.9 Å². The molecule has 17 heavy (non-hydrogen) atoms. The average molecular weight is 340 g/mol. The largest absolute Gasteiger partial charge is 0.369 e. The zero-order valence-corrected chi connectivity index (χ0v) is 12.1. The van der Waals surface area contributed by atoms with Crippen molar-refractivity contribution in [3.05, 3.63) is 21.8 Å². The molecule has 1 unspecified atom stereocenters. The summed E-state index contributed by atoms with van der Waals surface area (Å²) in [6, 6.07) is 1.75. The predicted molar refractivity (Wildman–Crippen MR) is 72.2 cm³/mol. The molecular formula is C10H12BrClN2O2S. The average Bonchev–Trinajstić information content (AvgIpc) is 2.57. The Morgan fingerprint density at radius 2 is 2.35 bits per heavy atom. The molecule has 1 aromatic rings. The second-order valence-corrected chi connectivity index (χ2v) is 7.65. The molecule has 1 saturated heterocycles. The number of hydrogen-bond acceptors (Lipinski definition) is 4. The van der Waals surface area contributed by atoms with Gasteiger partial charge in [-0.2, -0.15) is 0 Å². The maximum atomic E-state index is 11.3. The molecule has 1 aromatic heterocycles. The van der Waals surface area contributed by atoms with Gasteiger partial charge in [-0.05, 0) is 34.3 Å². The van der Waals surface area contributed by atoms with Crippen molar-refractivity contribution in [1.29, 1.82) is 0 Å². The molecule has 2 rings (SSSR count). The molecule has 94 valence electrons. The van der Waals surface area contributed by atoms with E-state index in [-0.39, 0.29) is 11.7 Å². The van der Waals surface area contributed by atoms with Crippen LogP contribution in [0.2, 0.25) is 5.02 Å². The topological polar surface area (TPSA) is 59.1 Å². The van der Waals surface area contributed by atoms with Crippen molar-refractivity contribution in [1.82, 2.24) is 4.98 Å². The smallest absolute Gasteiger partial charge is 0.150 e. The molecule has 7 heteroatoms. The molecule has 0 saturated carbocycles. The monoisotopic (exact) mass is 338 g/mol. The van der Waals surface area contributed by atoms with E-state index in [1.807, 2.05) is 0 Å². The summed E-state index contributed by atoms with van der Waals surface area (Å²) in [4.78, 5) is 4.14. The van der Waals surface area contributed by atoms with Crippen molar-refractivity contribution in [3.63, 3.8) is 0 Å². The first-order valence-electron chi connectivity index (χ1n) is 5.21. The maximum absolute atomic E-state index is 11.3. The number of nitrogens with zero attached hydrogens (tertiary/aromatic N) is 1. The third kappa shape index (κ3) is 3.56. The SMILES string of the molecule is O=S1(=O)CCC(CNc2ncc(Cl)cc2Br)C1. The Labute approximate surface area is 114 Å². The fraction of sp³-hybridized carbons (Fsp3) is 0.500. The fourth-order valence-electron chi connectivity index (χ4n) is 1.82. The number of halogens is 2. The van der Waals surface area contributed by atoms with E-state index in [9.17, 15) is 8.42 Å². The Hall–Kier alpha value is -0.330. The van der Waals surface area contributed by atoms with Gasteiger partial charge in [-0.1, -0.05) is 11.6 Å². The molecule has 0 aliphatic carbocycles. The summed E-state index contributed by atoms with van der Waals surface area (Å²) >= 11 is 9.13. The van der Waals surface area contributed by atoms with Gasteiger partial charge in [0.2, 0.25) is 0 Å². The summed E-state index contributed by atoms with van der Waals surface area (Å²) in [6.45, 7) is 0.618. The number of rotatable bonds is 3. The van der Waals surface area contributed by atoms with Crippen molar-refractivity contribution in [2.45, 2.75) is 6.42 Å². The molecule has 4 nitrogen and oxygen atoms in total. The summed E-state index contributed by atoms with van der Waals surface area (Å²) in [5, 5.41) is 3.70. The zero-order chi connectivity index (χ0) is 12.5. The molecule has 1 atom stereocenters. The number of nitrogens with one attached hydrogen (secondary N) is 1. The highest BCUT2D eigenvalue weighted by molar-refractivity contribution is 9.10. The Bertz CT molecular complexity index is 521. The van der Waals surface area contributed by atoms with Gasteiger partial charge in [0, 0.05) is 12.7 Å².